The van der Waals surface area contributed by atoms with Crippen molar-refractivity contribution in [3.8, 4) is 11.5 Å². The maximum atomic E-state index is 13.6. The summed E-state index contributed by atoms with van der Waals surface area (Å²) in [6.07, 6.45) is 0.0337. The van der Waals surface area contributed by atoms with E-state index >= 15 is 0 Å². The van der Waals surface area contributed by atoms with E-state index in [1.807, 2.05) is 27.7 Å². The van der Waals surface area contributed by atoms with Crippen LogP contribution in [0.15, 0.2) is 77.7 Å². The SMILES string of the molecule is CCOc1ccccc1N(CC(=O)Nc1ccc(OC(C)C)cc1)S(=O)(=O)c1ccc(C)cc1. The van der Waals surface area contributed by atoms with E-state index in [2.05, 4.69) is 5.32 Å². The Balaban J connectivity index is 1.91. The van der Waals surface area contributed by atoms with Crippen LogP contribution in [0.2, 0.25) is 0 Å². The van der Waals surface area contributed by atoms with Gasteiger partial charge in [0.25, 0.3) is 10.0 Å². The lowest BCUT2D eigenvalue weighted by Gasteiger charge is -2.26. The Morgan fingerprint density at radius 1 is 0.971 bits per heavy atom. The lowest BCUT2D eigenvalue weighted by molar-refractivity contribution is -0.114. The van der Waals surface area contributed by atoms with Gasteiger partial charge in [0, 0.05) is 5.69 Å². The van der Waals surface area contributed by atoms with Gasteiger partial charge in [0.05, 0.1) is 23.3 Å². The highest BCUT2D eigenvalue weighted by Gasteiger charge is 2.29. The number of ether oxygens (including phenoxy) is 2. The number of amides is 1. The molecule has 3 rings (SSSR count). The minimum Gasteiger partial charge on any atom is -0.492 e. The number of carbonyl (C=O) groups is 1. The molecule has 0 spiro atoms. The van der Waals surface area contributed by atoms with Crippen LogP contribution in [-0.4, -0.2) is 33.6 Å². The second-order valence-electron chi connectivity index (χ2n) is 7.96. The van der Waals surface area contributed by atoms with E-state index in [0.29, 0.717) is 29.5 Å². The van der Waals surface area contributed by atoms with Crippen molar-refractivity contribution in [1.29, 1.82) is 0 Å². The molecule has 0 atom stereocenters. The minimum atomic E-state index is -4.05. The van der Waals surface area contributed by atoms with Gasteiger partial charge in [0.1, 0.15) is 18.0 Å². The van der Waals surface area contributed by atoms with Crippen molar-refractivity contribution in [2.75, 3.05) is 22.8 Å². The Morgan fingerprint density at radius 2 is 1.62 bits per heavy atom. The summed E-state index contributed by atoms with van der Waals surface area (Å²) in [7, 11) is -4.05. The molecule has 0 unspecified atom stereocenters. The third-order valence-electron chi connectivity index (χ3n) is 4.84. The first-order valence-corrected chi connectivity index (χ1v) is 12.5. The fourth-order valence-corrected chi connectivity index (χ4v) is 4.73. The molecule has 8 heteroatoms. The number of sulfonamides is 1. The molecule has 1 amide bonds. The summed E-state index contributed by atoms with van der Waals surface area (Å²) >= 11 is 0. The van der Waals surface area contributed by atoms with Crippen LogP contribution >= 0.6 is 0 Å². The first-order valence-electron chi connectivity index (χ1n) is 11.1. The molecule has 0 aliphatic carbocycles. The number of hydrogen-bond acceptors (Lipinski definition) is 5. The van der Waals surface area contributed by atoms with Crippen LogP contribution in [0.1, 0.15) is 26.3 Å². The summed E-state index contributed by atoms with van der Waals surface area (Å²) in [5.74, 6) is 0.574. The Bertz CT molecular complexity index is 1210. The number of benzene rings is 3. The Labute approximate surface area is 201 Å². The smallest absolute Gasteiger partial charge is 0.264 e. The van der Waals surface area contributed by atoms with Crippen LogP contribution in [0.4, 0.5) is 11.4 Å². The topological polar surface area (TPSA) is 84.9 Å². The predicted molar refractivity (Wildman–Crippen MR) is 134 cm³/mol. The Kier molecular flexibility index (Phi) is 8.17. The van der Waals surface area contributed by atoms with Gasteiger partial charge in [-0.15, -0.1) is 0 Å². The summed E-state index contributed by atoms with van der Waals surface area (Å²) in [5.41, 5.74) is 1.76. The van der Waals surface area contributed by atoms with Gasteiger partial charge in [-0.05, 0) is 76.2 Å². The van der Waals surface area contributed by atoms with Gasteiger partial charge in [0.15, 0.2) is 0 Å². The first kappa shape index (κ1) is 25.1. The highest BCUT2D eigenvalue weighted by Crippen LogP contribution is 2.32. The fraction of sp³-hybridized carbons (Fsp3) is 0.269. The van der Waals surface area contributed by atoms with Crippen molar-refractivity contribution in [2.45, 2.75) is 38.7 Å². The van der Waals surface area contributed by atoms with Crippen molar-refractivity contribution in [2.24, 2.45) is 0 Å². The fourth-order valence-electron chi connectivity index (χ4n) is 3.30. The normalized spacial score (nSPS) is 11.2. The Morgan fingerprint density at radius 3 is 2.24 bits per heavy atom. The number of rotatable bonds is 10. The van der Waals surface area contributed by atoms with Crippen molar-refractivity contribution in [3.05, 3.63) is 78.4 Å². The van der Waals surface area contributed by atoms with Gasteiger partial charge < -0.3 is 14.8 Å². The zero-order valence-electron chi connectivity index (χ0n) is 19.8. The van der Waals surface area contributed by atoms with E-state index in [0.717, 1.165) is 9.87 Å². The molecule has 34 heavy (non-hydrogen) atoms. The van der Waals surface area contributed by atoms with E-state index in [4.69, 9.17) is 9.47 Å². The lowest BCUT2D eigenvalue weighted by atomic mass is 10.2. The van der Waals surface area contributed by atoms with Crippen LogP contribution < -0.4 is 19.1 Å². The van der Waals surface area contributed by atoms with Gasteiger partial charge in [0.2, 0.25) is 5.91 Å². The standard InChI is InChI=1S/C26H30N2O5S/c1-5-32-25-9-7-6-8-24(25)28(34(30,31)23-16-10-20(4)11-17-23)18-26(29)27-21-12-14-22(15-13-21)33-19(2)3/h6-17,19H,5,18H2,1-4H3,(H,27,29). The zero-order valence-corrected chi connectivity index (χ0v) is 20.6. The van der Waals surface area contributed by atoms with Crippen molar-refractivity contribution >= 4 is 27.3 Å². The summed E-state index contributed by atoms with van der Waals surface area (Å²) in [6, 6.07) is 20.2. The van der Waals surface area contributed by atoms with Crippen LogP contribution in [0.25, 0.3) is 0 Å². The van der Waals surface area contributed by atoms with Crippen LogP contribution in [0.3, 0.4) is 0 Å². The summed E-state index contributed by atoms with van der Waals surface area (Å²) in [5, 5.41) is 2.77. The molecular formula is C26H30N2O5S. The maximum Gasteiger partial charge on any atom is 0.264 e. The van der Waals surface area contributed by atoms with E-state index in [1.165, 1.54) is 12.1 Å². The monoisotopic (exact) mass is 482 g/mol. The van der Waals surface area contributed by atoms with E-state index in [9.17, 15) is 13.2 Å². The second kappa shape index (κ2) is 11.1. The number of nitrogens with one attached hydrogen (secondary N) is 1. The number of hydrogen-bond donors (Lipinski definition) is 1. The summed E-state index contributed by atoms with van der Waals surface area (Å²) in [4.78, 5) is 13.1. The largest absolute Gasteiger partial charge is 0.492 e. The molecule has 0 aliphatic heterocycles. The number of anilines is 2. The molecule has 0 radical (unpaired) electrons. The van der Waals surface area contributed by atoms with Gasteiger partial charge in [-0.1, -0.05) is 29.8 Å². The molecule has 3 aromatic rings. The molecule has 180 valence electrons. The van der Waals surface area contributed by atoms with Crippen LogP contribution in [0.5, 0.6) is 11.5 Å². The Hall–Kier alpha value is -3.52. The molecule has 7 nitrogen and oxygen atoms in total. The van der Waals surface area contributed by atoms with Crippen LogP contribution in [-0.2, 0) is 14.8 Å². The molecule has 0 aromatic heterocycles. The van der Waals surface area contributed by atoms with Gasteiger partial charge in [-0.3, -0.25) is 9.10 Å². The predicted octanol–water partition coefficient (Wildman–Crippen LogP) is 5.01. The molecule has 0 saturated carbocycles. The van der Waals surface area contributed by atoms with Crippen LogP contribution in [0, 0.1) is 6.92 Å². The van der Waals surface area contributed by atoms with E-state index in [1.54, 1.807) is 60.7 Å². The van der Waals surface area contributed by atoms with Gasteiger partial charge in [-0.25, -0.2) is 8.42 Å². The first-order chi connectivity index (χ1) is 16.2. The highest BCUT2D eigenvalue weighted by molar-refractivity contribution is 7.92. The molecule has 3 aromatic carbocycles. The van der Waals surface area contributed by atoms with Crippen molar-refractivity contribution in [1.82, 2.24) is 0 Å². The number of para-hydroxylation sites is 2. The maximum absolute atomic E-state index is 13.6. The third-order valence-corrected chi connectivity index (χ3v) is 6.61. The molecular weight excluding hydrogens is 452 g/mol. The number of carbonyl (C=O) groups excluding carboxylic acids is 1. The van der Waals surface area contributed by atoms with E-state index in [-0.39, 0.29) is 11.0 Å². The second-order valence-corrected chi connectivity index (χ2v) is 9.83. The number of aryl methyl sites for hydroxylation is 1. The molecule has 0 fully saturated rings. The van der Waals surface area contributed by atoms with Crippen molar-refractivity contribution < 1.29 is 22.7 Å². The molecule has 0 aliphatic rings. The molecule has 0 bridgehead atoms. The summed E-state index contributed by atoms with van der Waals surface area (Å²) in [6.45, 7) is 7.48. The average Bonchev–Trinajstić information content (AvgIpc) is 2.79. The molecule has 0 saturated heterocycles. The highest BCUT2D eigenvalue weighted by atomic mass is 32.2. The van der Waals surface area contributed by atoms with Gasteiger partial charge >= 0.3 is 0 Å². The molecule has 1 N–H and O–H groups in total. The average molecular weight is 483 g/mol. The quantitative estimate of drug-likeness (QED) is 0.439. The summed E-state index contributed by atoms with van der Waals surface area (Å²) < 4.78 is 39.6. The third kappa shape index (κ3) is 6.29. The lowest BCUT2D eigenvalue weighted by Crippen LogP contribution is -2.38. The minimum absolute atomic E-state index is 0.0337. The van der Waals surface area contributed by atoms with E-state index < -0.39 is 22.5 Å². The molecule has 0 heterocycles. The van der Waals surface area contributed by atoms with Gasteiger partial charge in [-0.2, -0.15) is 0 Å². The van der Waals surface area contributed by atoms with Crippen molar-refractivity contribution in [3.63, 3.8) is 0 Å². The zero-order chi connectivity index (χ0) is 24.7. The number of nitrogens with zero attached hydrogens (tertiary/aromatic N) is 1.